The smallest absolute Gasteiger partial charge is 0.235 e. The van der Waals surface area contributed by atoms with Crippen LogP contribution in [0.4, 0.5) is 0 Å². The van der Waals surface area contributed by atoms with Crippen molar-refractivity contribution in [3.8, 4) is 11.3 Å². The molecule has 2 aliphatic rings. The number of benzene rings is 2. The van der Waals surface area contributed by atoms with Crippen LogP contribution in [0.2, 0.25) is 0 Å². The maximum absolute atomic E-state index is 12.8. The standard InChI is InChI=1S/C24H24N2O4S2/c1-2-32(28,29)25-14-12-24(13-15-25)26(23(27)17-31-24)16-19-10-11-22(30-19)21-9-5-7-18-6-3-4-8-20(18)21/h2-11H,1,12-17H2. The Kier molecular flexibility index (Phi) is 5.39. The van der Waals surface area contributed by atoms with Crippen LogP contribution in [-0.2, 0) is 21.4 Å². The van der Waals surface area contributed by atoms with E-state index in [0.29, 0.717) is 38.2 Å². The van der Waals surface area contributed by atoms with Gasteiger partial charge in [-0.25, -0.2) is 8.42 Å². The van der Waals surface area contributed by atoms with Crippen LogP contribution in [0.15, 0.2) is 71.0 Å². The Morgan fingerprint density at radius 3 is 2.59 bits per heavy atom. The third-order valence-electron chi connectivity index (χ3n) is 6.36. The molecule has 166 valence electrons. The Balaban J connectivity index is 1.38. The molecule has 2 aromatic carbocycles. The molecule has 0 radical (unpaired) electrons. The van der Waals surface area contributed by atoms with Crippen molar-refractivity contribution in [1.82, 2.24) is 9.21 Å². The van der Waals surface area contributed by atoms with Crippen LogP contribution in [0.1, 0.15) is 18.6 Å². The summed E-state index contributed by atoms with van der Waals surface area (Å²) in [4.78, 5) is 14.2. The fraction of sp³-hybridized carbons (Fsp3) is 0.292. The minimum absolute atomic E-state index is 0.0677. The first-order chi connectivity index (χ1) is 15.4. The summed E-state index contributed by atoms with van der Waals surface area (Å²) < 4.78 is 31.9. The normalized spacial score (nSPS) is 19.1. The summed E-state index contributed by atoms with van der Waals surface area (Å²) in [5, 5.41) is 3.26. The van der Waals surface area contributed by atoms with Gasteiger partial charge in [0.05, 0.1) is 17.2 Å². The van der Waals surface area contributed by atoms with E-state index in [-0.39, 0.29) is 5.91 Å². The van der Waals surface area contributed by atoms with Crippen LogP contribution in [0.25, 0.3) is 22.1 Å². The number of rotatable bonds is 5. The summed E-state index contributed by atoms with van der Waals surface area (Å²) in [7, 11) is -3.44. The van der Waals surface area contributed by atoms with Crippen molar-refractivity contribution in [3.05, 3.63) is 72.3 Å². The van der Waals surface area contributed by atoms with Gasteiger partial charge in [0.25, 0.3) is 0 Å². The molecule has 5 rings (SSSR count). The van der Waals surface area contributed by atoms with E-state index in [1.807, 2.05) is 41.3 Å². The Labute approximate surface area is 191 Å². The van der Waals surface area contributed by atoms with Gasteiger partial charge >= 0.3 is 0 Å². The van der Waals surface area contributed by atoms with E-state index < -0.39 is 14.9 Å². The highest BCUT2D eigenvalue weighted by Crippen LogP contribution is 2.46. The first kappa shape index (κ1) is 21.3. The minimum Gasteiger partial charge on any atom is -0.459 e. The second-order valence-electron chi connectivity index (χ2n) is 8.12. The highest BCUT2D eigenvalue weighted by molar-refractivity contribution is 8.01. The number of amides is 1. The molecule has 1 spiro atoms. The van der Waals surface area contributed by atoms with Gasteiger partial charge in [-0.15, -0.1) is 11.8 Å². The number of sulfonamides is 1. The predicted octanol–water partition coefficient (Wildman–Crippen LogP) is 4.44. The molecule has 2 fully saturated rings. The summed E-state index contributed by atoms with van der Waals surface area (Å²) in [5.41, 5.74) is 1.02. The van der Waals surface area contributed by atoms with Gasteiger partial charge in [-0.3, -0.25) is 4.79 Å². The first-order valence-corrected chi connectivity index (χ1v) is 13.0. The number of carbonyl (C=O) groups excluding carboxylic acids is 1. The molecule has 0 unspecified atom stereocenters. The number of carbonyl (C=O) groups is 1. The lowest BCUT2D eigenvalue weighted by Gasteiger charge is -2.43. The van der Waals surface area contributed by atoms with Gasteiger partial charge in [0.15, 0.2) is 0 Å². The van der Waals surface area contributed by atoms with Crippen molar-refractivity contribution in [2.24, 2.45) is 0 Å². The van der Waals surface area contributed by atoms with E-state index in [1.54, 1.807) is 11.8 Å². The van der Waals surface area contributed by atoms with Gasteiger partial charge in [0, 0.05) is 24.1 Å². The molecule has 2 saturated heterocycles. The molecule has 0 atom stereocenters. The molecule has 8 heteroatoms. The molecule has 3 aromatic rings. The molecule has 2 aliphatic heterocycles. The van der Waals surface area contributed by atoms with Crippen molar-refractivity contribution in [2.45, 2.75) is 24.3 Å². The Hall–Kier alpha value is -2.55. The number of hydrogen-bond acceptors (Lipinski definition) is 5. The first-order valence-electron chi connectivity index (χ1n) is 10.6. The quantitative estimate of drug-likeness (QED) is 0.554. The van der Waals surface area contributed by atoms with Gasteiger partial charge in [-0.05, 0) is 35.7 Å². The van der Waals surface area contributed by atoms with E-state index in [2.05, 4.69) is 24.8 Å². The van der Waals surface area contributed by atoms with Crippen molar-refractivity contribution >= 4 is 38.5 Å². The average Bonchev–Trinajstić information content (AvgIpc) is 3.40. The largest absolute Gasteiger partial charge is 0.459 e. The Bertz CT molecular complexity index is 1280. The van der Waals surface area contributed by atoms with Crippen molar-refractivity contribution in [3.63, 3.8) is 0 Å². The van der Waals surface area contributed by atoms with Crippen molar-refractivity contribution in [1.29, 1.82) is 0 Å². The third kappa shape index (κ3) is 3.66. The number of piperidine rings is 1. The number of hydrogen-bond donors (Lipinski definition) is 0. The van der Waals surface area contributed by atoms with Crippen LogP contribution >= 0.6 is 11.8 Å². The molecule has 0 aliphatic carbocycles. The molecule has 0 bridgehead atoms. The molecular formula is C24H24N2O4S2. The maximum Gasteiger partial charge on any atom is 0.235 e. The van der Waals surface area contributed by atoms with E-state index in [0.717, 1.165) is 33.3 Å². The van der Waals surface area contributed by atoms with Gasteiger partial charge < -0.3 is 9.32 Å². The fourth-order valence-electron chi connectivity index (χ4n) is 4.62. The zero-order valence-electron chi connectivity index (χ0n) is 17.6. The molecule has 3 heterocycles. The van der Waals surface area contributed by atoms with E-state index >= 15 is 0 Å². The zero-order valence-corrected chi connectivity index (χ0v) is 19.2. The molecule has 1 aromatic heterocycles. The third-order valence-corrected chi connectivity index (χ3v) is 9.43. The second kappa shape index (κ2) is 8.10. The van der Waals surface area contributed by atoms with Crippen LogP contribution in [0.5, 0.6) is 0 Å². The van der Waals surface area contributed by atoms with Crippen LogP contribution in [0.3, 0.4) is 0 Å². The van der Waals surface area contributed by atoms with E-state index in [9.17, 15) is 13.2 Å². The molecule has 1 amide bonds. The zero-order chi connectivity index (χ0) is 22.3. The number of thioether (sulfide) groups is 1. The SMILES string of the molecule is C=CS(=O)(=O)N1CCC2(CC1)SCC(=O)N2Cc1ccc(-c2cccc3ccccc23)o1. The number of fused-ring (bicyclic) bond motifs is 1. The van der Waals surface area contributed by atoms with Crippen molar-refractivity contribution < 1.29 is 17.6 Å². The van der Waals surface area contributed by atoms with Crippen LogP contribution in [0, 0.1) is 0 Å². The molecular weight excluding hydrogens is 444 g/mol. The predicted molar refractivity (Wildman–Crippen MR) is 127 cm³/mol. The number of nitrogens with zero attached hydrogens (tertiary/aromatic N) is 2. The summed E-state index contributed by atoms with van der Waals surface area (Å²) >= 11 is 1.61. The van der Waals surface area contributed by atoms with Crippen molar-refractivity contribution in [2.75, 3.05) is 18.8 Å². The van der Waals surface area contributed by atoms with E-state index in [4.69, 9.17) is 4.42 Å². The molecule has 32 heavy (non-hydrogen) atoms. The second-order valence-corrected chi connectivity index (χ2v) is 11.3. The lowest BCUT2D eigenvalue weighted by Crippen LogP contribution is -2.52. The monoisotopic (exact) mass is 468 g/mol. The minimum atomic E-state index is -3.44. The Morgan fingerprint density at radius 1 is 1.06 bits per heavy atom. The van der Waals surface area contributed by atoms with Gasteiger partial charge in [0.1, 0.15) is 11.5 Å². The van der Waals surface area contributed by atoms with Crippen LogP contribution < -0.4 is 0 Å². The summed E-state index contributed by atoms with van der Waals surface area (Å²) in [5.74, 6) is 1.98. The number of furan rings is 1. The van der Waals surface area contributed by atoms with Gasteiger partial charge in [0.2, 0.25) is 15.9 Å². The van der Waals surface area contributed by atoms with Gasteiger partial charge in [-0.2, -0.15) is 4.31 Å². The topological polar surface area (TPSA) is 70.8 Å². The lowest BCUT2D eigenvalue weighted by atomic mass is 10.0. The fourth-order valence-corrected chi connectivity index (χ4v) is 6.87. The Morgan fingerprint density at radius 2 is 1.81 bits per heavy atom. The summed E-state index contributed by atoms with van der Waals surface area (Å²) in [6.45, 7) is 4.55. The summed E-state index contributed by atoms with van der Waals surface area (Å²) in [6.07, 6.45) is 1.18. The average molecular weight is 469 g/mol. The highest BCUT2D eigenvalue weighted by Gasteiger charge is 2.49. The maximum atomic E-state index is 12.8. The summed E-state index contributed by atoms with van der Waals surface area (Å²) in [6, 6.07) is 18.2. The molecule has 0 saturated carbocycles. The lowest BCUT2D eigenvalue weighted by molar-refractivity contribution is -0.132. The molecule has 6 nitrogen and oxygen atoms in total. The van der Waals surface area contributed by atoms with Gasteiger partial charge in [-0.1, -0.05) is 49.0 Å². The van der Waals surface area contributed by atoms with E-state index in [1.165, 1.54) is 4.31 Å². The molecule has 0 N–H and O–H groups in total. The van der Waals surface area contributed by atoms with Crippen LogP contribution in [-0.4, -0.2) is 47.2 Å². The highest BCUT2D eigenvalue weighted by atomic mass is 32.2.